The summed E-state index contributed by atoms with van der Waals surface area (Å²) >= 11 is 0. The predicted molar refractivity (Wildman–Crippen MR) is 112 cm³/mol. The van der Waals surface area contributed by atoms with Gasteiger partial charge in [-0.3, -0.25) is 4.79 Å². The Labute approximate surface area is 168 Å². The van der Waals surface area contributed by atoms with Gasteiger partial charge in [0.05, 0.1) is 5.52 Å². The quantitative estimate of drug-likeness (QED) is 0.530. The van der Waals surface area contributed by atoms with E-state index in [1.165, 1.54) is 0 Å². The van der Waals surface area contributed by atoms with Crippen molar-refractivity contribution in [1.29, 1.82) is 0 Å². The van der Waals surface area contributed by atoms with E-state index < -0.39 is 0 Å². The number of rotatable bonds is 2. The Balaban J connectivity index is 1.49. The van der Waals surface area contributed by atoms with Crippen LogP contribution >= 0.6 is 0 Å². The minimum Gasteiger partial charge on any atom is -0.338 e. The number of anilines is 1. The third kappa shape index (κ3) is 2.90. The number of piperazine rings is 1. The van der Waals surface area contributed by atoms with E-state index in [0.29, 0.717) is 19.6 Å². The fourth-order valence-electron chi connectivity index (χ4n) is 4.09. The number of nitrogens with zero attached hydrogens (tertiary/aromatic N) is 6. The predicted octanol–water partition coefficient (Wildman–Crippen LogP) is 2.94. The van der Waals surface area contributed by atoms with E-state index in [1.807, 2.05) is 70.8 Å². The van der Waals surface area contributed by atoms with Crippen LogP contribution in [0.5, 0.6) is 0 Å². The number of benzene rings is 2. The molecule has 0 bridgehead atoms. The zero-order valence-electron chi connectivity index (χ0n) is 16.5. The van der Waals surface area contributed by atoms with Crippen molar-refractivity contribution in [3.05, 3.63) is 66.0 Å². The first kappa shape index (κ1) is 17.6. The van der Waals surface area contributed by atoms with Gasteiger partial charge in [-0.25, -0.2) is 9.38 Å². The first-order valence-corrected chi connectivity index (χ1v) is 9.85. The van der Waals surface area contributed by atoms with Crippen molar-refractivity contribution in [1.82, 2.24) is 24.5 Å². The number of para-hydroxylation sites is 1. The number of carbonyl (C=O) groups is 1. The molecule has 0 N–H and O–H groups in total. The van der Waals surface area contributed by atoms with Crippen LogP contribution in [-0.4, -0.2) is 56.1 Å². The molecule has 146 valence electrons. The summed E-state index contributed by atoms with van der Waals surface area (Å²) in [5.41, 5.74) is 2.45. The van der Waals surface area contributed by atoms with E-state index in [0.717, 1.165) is 33.9 Å². The summed E-state index contributed by atoms with van der Waals surface area (Å²) < 4.78 is 2.02. The standard InChI is InChI=1S/C22H22N6O/c1-15-14-26(12-13-27(15)21(29)17-8-4-3-5-9-17)22-23-19-11-7-6-10-18(19)20-25-24-16(2)28(20)22/h3-11,15H,12-14H2,1-2H3. The Bertz CT molecular complexity index is 1200. The maximum Gasteiger partial charge on any atom is 0.254 e. The summed E-state index contributed by atoms with van der Waals surface area (Å²) in [5, 5.41) is 9.66. The van der Waals surface area contributed by atoms with E-state index in [2.05, 4.69) is 22.0 Å². The van der Waals surface area contributed by atoms with Crippen LogP contribution in [0.4, 0.5) is 5.95 Å². The molecule has 1 amide bonds. The first-order chi connectivity index (χ1) is 14.1. The molecule has 0 aliphatic carbocycles. The van der Waals surface area contributed by atoms with Crippen LogP contribution in [0.1, 0.15) is 23.1 Å². The lowest BCUT2D eigenvalue weighted by Crippen LogP contribution is -2.54. The van der Waals surface area contributed by atoms with E-state index >= 15 is 0 Å². The third-order valence-electron chi connectivity index (χ3n) is 5.58. The number of carbonyl (C=O) groups excluding carboxylic acids is 1. The largest absolute Gasteiger partial charge is 0.338 e. The molecule has 1 fully saturated rings. The van der Waals surface area contributed by atoms with Crippen molar-refractivity contribution >= 4 is 28.4 Å². The van der Waals surface area contributed by atoms with Gasteiger partial charge in [-0.15, -0.1) is 10.2 Å². The van der Waals surface area contributed by atoms with Crippen LogP contribution < -0.4 is 4.90 Å². The van der Waals surface area contributed by atoms with Crippen molar-refractivity contribution < 1.29 is 4.79 Å². The molecule has 0 saturated carbocycles. The smallest absolute Gasteiger partial charge is 0.254 e. The molecule has 2 aromatic heterocycles. The Hall–Kier alpha value is -3.48. The summed E-state index contributed by atoms with van der Waals surface area (Å²) in [7, 11) is 0. The van der Waals surface area contributed by atoms with Gasteiger partial charge < -0.3 is 9.80 Å². The number of hydrogen-bond donors (Lipinski definition) is 0. The SMILES string of the molecule is Cc1nnc2c3ccccc3nc(N3CCN(C(=O)c4ccccc4)C(C)C3)n12. The summed E-state index contributed by atoms with van der Waals surface area (Å²) in [6.45, 7) is 6.09. The second kappa shape index (κ2) is 6.84. The summed E-state index contributed by atoms with van der Waals surface area (Å²) in [4.78, 5) is 22.0. The average Bonchev–Trinajstić information content (AvgIpc) is 3.15. The topological polar surface area (TPSA) is 66.6 Å². The van der Waals surface area contributed by atoms with Gasteiger partial charge in [-0.2, -0.15) is 0 Å². The highest BCUT2D eigenvalue weighted by Gasteiger charge is 2.30. The molecule has 1 atom stereocenters. The van der Waals surface area contributed by atoms with Crippen molar-refractivity contribution in [3.63, 3.8) is 0 Å². The normalized spacial score (nSPS) is 17.2. The summed E-state index contributed by atoms with van der Waals surface area (Å²) in [5.74, 6) is 1.72. The monoisotopic (exact) mass is 386 g/mol. The first-order valence-electron chi connectivity index (χ1n) is 9.85. The molecule has 1 aliphatic heterocycles. The Morgan fingerprint density at radius 3 is 2.55 bits per heavy atom. The fraction of sp³-hybridized carbons (Fsp3) is 0.273. The second-order valence-corrected chi connectivity index (χ2v) is 7.49. The summed E-state index contributed by atoms with van der Waals surface area (Å²) in [6.07, 6.45) is 0. The van der Waals surface area contributed by atoms with Crippen LogP contribution in [0.25, 0.3) is 16.6 Å². The summed E-state index contributed by atoms with van der Waals surface area (Å²) in [6, 6.07) is 17.5. The fourth-order valence-corrected chi connectivity index (χ4v) is 4.09. The van der Waals surface area contributed by atoms with Gasteiger partial charge in [0.2, 0.25) is 5.95 Å². The molecule has 1 unspecified atom stereocenters. The van der Waals surface area contributed by atoms with Gasteiger partial charge in [0.25, 0.3) is 5.91 Å². The van der Waals surface area contributed by atoms with Crippen molar-refractivity contribution in [2.45, 2.75) is 19.9 Å². The van der Waals surface area contributed by atoms with Crippen LogP contribution in [0.2, 0.25) is 0 Å². The highest BCUT2D eigenvalue weighted by Crippen LogP contribution is 2.26. The zero-order chi connectivity index (χ0) is 20.0. The molecular formula is C22H22N6O. The molecule has 1 saturated heterocycles. The van der Waals surface area contributed by atoms with Crippen LogP contribution in [0.3, 0.4) is 0 Å². The van der Waals surface area contributed by atoms with E-state index in [4.69, 9.17) is 4.98 Å². The lowest BCUT2D eigenvalue weighted by molar-refractivity contribution is 0.0673. The lowest BCUT2D eigenvalue weighted by atomic mass is 10.1. The Morgan fingerprint density at radius 1 is 1.00 bits per heavy atom. The van der Waals surface area contributed by atoms with E-state index in [9.17, 15) is 4.79 Å². The molecule has 7 nitrogen and oxygen atoms in total. The van der Waals surface area contributed by atoms with Gasteiger partial charge in [-0.05, 0) is 38.1 Å². The second-order valence-electron chi connectivity index (χ2n) is 7.49. The lowest BCUT2D eigenvalue weighted by Gasteiger charge is -2.40. The van der Waals surface area contributed by atoms with E-state index in [1.54, 1.807) is 0 Å². The molecule has 0 spiro atoms. The maximum atomic E-state index is 12.9. The number of amides is 1. The van der Waals surface area contributed by atoms with Gasteiger partial charge >= 0.3 is 0 Å². The van der Waals surface area contributed by atoms with Gasteiger partial charge in [-0.1, -0.05) is 30.3 Å². The van der Waals surface area contributed by atoms with Gasteiger partial charge in [0.15, 0.2) is 5.65 Å². The van der Waals surface area contributed by atoms with Crippen LogP contribution in [-0.2, 0) is 0 Å². The van der Waals surface area contributed by atoms with Crippen molar-refractivity contribution in [2.75, 3.05) is 24.5 Å². The minimum atomic E-state index is 0.0663. The van der Waals surface area contributed by atoms with Crippen LogP contribution in [0.15, 0.2) is 54.6 Å². The zero-order valence-corrected chi connectivity index (χ0v) is 16.5. The number of hydrogen-bond acceptors (Lipinski definition) is 5. The molecule has 2 aromatic carbocycles. The maximum absolute atomic E-state index is 12.9. The average molecular weight is 386 g/mol. The Kier molecular flexibility index (Phi) is 4.16. The van der Waals surface area contributed by atoms with E-state index in [-0.39, 0.29) is 11.9 Å². The van der Waals surface area contributed by atoms with Crippen molar-refractivity contribution in [2.24, 2.45) is 0 Å². The van der Waals surface area contributed by atoms with Crippen molar-refractivity contribution in [3.8, 4) is 0 Å². The molecule has 1 aliphatic rings. The highest BCUT2D eigenvalue weighted by atomic mass is 16.2. The molecule has 3 heterocycles. The van der Waals surface area contributed by atoms with Gasteiger partial charge in [0, 0.05) is 36.6 Å². The number of aryl methyl sites for hydroxylation is 1. The molecule has 7 heteroatoms. The number of aromatic nitrogens is 4. The molecule has 29 heavy (non-hydrogen) atoms. The molecular weight excluding hydrogens is 364 g/mol. The molecule has 5 rings (SSSR count). The number of fused-ring (bicyclic) bond motifs is 3. The third-order valence-corrected chi connectivity index (χ3v) is 5.58. The highest BCUT2D eigenvalue weighted by molar-refractivity contribution is 5.95. The molecule has 4 aromatic rings. The van der Waals surface area contributed by atoms with Gasteiger partial charge in [0.1, 0.15) is 5.82 Å². The Morgan fingerprint density at radius 2 is 1.76 bits per heavy atom. The minimum absolute atomic E-state index is 0.0663. The van der Waals surface area contributed by atoms with Crippen LogP contribution in [0, 0.1) is 6.92 Å². The molecule has 0 radical (unpaired) electrons.